The quantitative estimate of drug-likeness (QED) is 0.107. The lowest BCUT2D eigenvalue weighted by Gasteiger charge is -2.35. The van der Waals surface area contributed by atoms with Crippen molar-refractivity contribution in [3.63, 3.8) is 0 Å². The molecule has 3 heteroatoms. The number of hydrogen-bond donors (Lipinski definition) is 0. The van der Waals surface area contributed by atoms with E-state index in [1.54, 1.807) is 0 Å². The Bertz CT molecular complexity index is 3500. The fourth-order valence-electron chi connectivity index (χ4n) is 10.4. The van der Waals surface area contributed by atoms with E-state index in [4.69, 9.17) is 0 Å². The van der Waals surface area contributed by atoms with Gasteiger partial charge in [0.2, 0.25) is 0 Å². The lowest BCUT2D eigenvalue weighted by Crippen LogP contribution is -2.75. The van der Waals surface area contributed by atoms with E-state index < -0.39 is 8.07 Å². The Morgan fingerprint density at radius 2 is 0.746 bits per heavy atom. The fourth-order valence-corrected chi connectivity index (χ4v) is 15.3. The van der Waals surface area contributed by atoms with Gasteiger partial charge in [0.05, 0.1) is 27.8 Å². The van der Waals surface area contributed by atoms with Crippen LogP contribution in [0.2, 0.25) is 0 Å². The number of hydrogen-bond acceptors (Lipinski definition) is 0. The average Bonchev–Trinajstić information content (AvgIpc) is 3.88. The predicted molar refractivity (Wildman–Crippen MR) is 270 cm³/mol. The Balaban J connectivity index is 1.26. The molecule has 2 aromatic heterocycles. The highest BCUT2D eigenvalue weighted by Crippen LogP contribution is 2.42. The van der Waals surface area contributed by atoms with E-state index in [1.165, 1.54) is 81.1 Å². The van der Waals surface area contributed by atoms with Crippen LogP contribution < -0.4 is 20.7 Å². The summed E-state index contributed by atoms with van der Waals surface area (Å²) in [6.07, 6.45) is 0. The molecule has 10 aromatic carbocycles. The van der Waals surface area contributed by atoms with Crippen LogP contribution in [-0.4, -0.2) is 17.2 Å². The van der Waals surface area contributed by atoms with Crippen LogP contribution in [-0.2, 0) is 0 Å². The van der Waals surface area contributed by atoms with Gasteiger partial charge < -0.3 is 9.13 Å². The number of nitrogens with zero attached hydrogens (tertiary/aromatic N) is 2. The molecule has 0 atom stereocenters. The van der Waals surface area contributed by atoms with Crippen LogP contribution in [0.5, 0.6) is 0 Å². The topological polar surface area (TPSA) is 9.86 Å². The zero-order valence-corrected chi connectivity index (χ0v) is 35.6. The highest BCUT2D eigenvalue weighted by molar-refractivity contribution is 7.20. The van der Waals surface area contributed by atoms with Crippen LogP contribution in [0, 0.1) is 0 Å². The highest BCUT2D eigenvalue weighted by Gasteiger charge is 2.43. The molecule has 0 aliphatic heterocycles. The molecule has 12 aromatic rings. The summed E-state index contributed by atoms with van der Waals surface area (Å²) in [5.41, 5.74) is 11.8. The number of rotatable bonds is 8. The molecule has 2 heterocycles. The minimum atomic E-state index is -3.00. The van der Waals surface area contributed by atoms with Crippen molar-refractivity contribution in [1.82, 2.24) is 9.13 Å². The van der Waals surface area contributed by atoms with Gasteiger partial charge >= 0.3 is 0 Å². The minimum Gasteiger partial charge on any atom is -0.309 e. The Kier molecular flexibility index (Phi) is 8.87. The van der Waals surface area contributed by atoms with Gasteiger partial charge in [-0.15, -0.1) is 0 Å². The zero-order chi connectivity index (χ0) is 41.7. The molecule has 0 aliphatic rings. The summed E-state index contributed by atoms with van der Waals surface area (Å²) < 4.78 is 5.09. The molecule has 0 amide bonds. The molecule has 0 N–H and O–H groups in total. The predicted octanol–water partition coefficient (Wildman–Crippen LogP) is 12.6. The lowest BCUT2D eigenvalue weighted by molar-refractivity contribution is 1.16. The first-order chi connectivity index (χ1) is 31.3. The van der Waals surface area contributed by atoms with Gasteiger partial charge in [-0.2, -0.15) is 0 Å². The first-order valence-corrected chi connectivity index (χ1v) is 23.8. The maximum absolute atomic E-state index is 3.00. The molecule has 0 bridgehead atoms. The standard InChI is InChI=1S/C60H42N2Si/c1-6-22-43(23-7-1)45-26-20-27-46(40-45)61-55-37-18-17-35-51(55)54-41-53(44-24-8-2-9-25-44)57(42-58(54)61)62-56-38-19-16-34-50(56)52-36-21-39-59(60(52)62)63(47-28-10-3-11-29-47,48-30-12-4-13-31-48)49-32-14-5-15-33-49/h1-42H. The second-order valence-electron chi connectivity index (χ2n) is 16.4. The van der Waals surface area contributed by atoms with Crippen LogP contribution in [0.25, 0.3) is 77.2 Å². The van der Waals surface area contributed by atoms with E-state index in [1.807, 2.05) is 0 Å². The molecular formula is C60H42N2Si. The van der Waals surface area contributed by atoms with Crippen molar-refractivity contribution in [2.75, 3.05) is 0 Å². The second-order valence-corrected chi connectivity index (χ2v) is 20.2. The van der Waals surface area contributed by atoms with Gasteiger partial charge in [-0.25, -0.2) is 0 Å². The largest absolute Gasteiger partial charge is 0.309 e. The van der Waals surface area contributed by atoms with Gasteiger partial charge in [-0.05, 0) is 73.8 Å². The van der Waals surface area contributed by atoms with E-state index in [0.717, 1.165) is 16.9 Å². The highest BCUT2D eigenvalue weighted by atomic mass is 28.3. The summed E-state index contributed by atoms with van der Waals surface area (Å²) in [5.74, 6) is 0. The second kappa shape index (κ2) is 15.2. The van der Waals surface area contributed by atoms with Gasteiger partial charge in [-0.1, -0.05) is 218 Å². The molecule has 0 radical (unpaired) electrons. The van der Waals surface area contributed by atoms with Crippen molar-refractivity contribution in [3.8, 4) is 33.6 Å². The summed E-state index contributed by atoms with van der Waals surface area (Å²) in [6, 6.07) is 94.5. The van der Waals surface area contributed by atoms with Crippen molar-refractivity contribution in [1.29, 1.82) is 0 Å². The Hall–Kier alpha value is -7.98. The molecule has 2 nitrogen and oxygen atoms in total. The molecular weight excluding hydrogens is 777 g/mol. The molecule has 12 rings (SSSR count). The van der Waals surface area contributed by atoms with Gasteiger partial charge in [0.1, 0.15) is 0 Å². The van der Waals surface area contributed by atoms with Crippen LogP contribution in [0.1, 0.15) is 0 Å². The fraction of sp³-hybridized carbons (Fsp3) is 0. The molecule has 0 fully saturated rings. The summed E-state index contributed by atoms with van der Waals surface area (Å²) in [6.45, 7) is 0. The summed E-state index contributed by atoms with van der Waals surface area (Å²) in [5, 5.41) is 10.3. The number of fused-ring (bicyclic) bond motifs is 6. The number of para-hydroxylation sites is 3. The third-order valence-corrected chi connectivity index (χ3v) is 17.9. The van der Waals surface area contributed by atoms with Crippen LogP contribution in [0.3, 0.4) is 0 Å². The van der Waals surface area contributed by atoms with E-state index in [-0.39, 0.29) is 0 Å². The average molecular weight is 819 g/mol. The van der Waals surface area contributed by atoms with Gasteiger partial charge in [-0.3, -0.25) is 0 Å². The molecule has 0 saturated carbocycles. The third kappa shape index (κ3) is 5.85. The molecule has 0 aliphatic carbocycles. The lowest BCUT2D eigenvalue weighted by atomic mass is 10.00. The van der Waals surface area contributed by atoms with Crippen molar-refractivity contribution >= 4 is 72.4 Å². The molecule has 0 spiro atoms. The Labute approximate surface area is 368 Å². The van der Waals surface area contributed by atoms with Crippen LogP contribution in [0.4, 0.5) is 0 Å². The SMILES string of the molecule is c1ccc(-c2cccc(-n3c4ccccc4c4cc(-c5ccccc5)c(-n5c6ccccc6c6cccc([Si](c7ccccc7)(c7ccccc7)c7ccccc7)c65)cc43)c2)cc1. The Morgan fingerprint density at radius 1 is 0.286 bits per heavy atom. The maximum Gasteiger partial charge on any atom is 0.181 e. The number of aromatic nitrogens is 2. The van der Waals surface area contributed by atoms with E-state index in [9.17, 15) is 0 Å². The number of benzene rings is 10. The first kappa shape index (κ1) is 36.8. The summed E-state index contributed by atoms with van der Waals surface area (Å²) in [7, 11) is -3.00. The molecule has 0 saturated heterocycles. The van der Waals surface area contributed by atoms with Crippen LogP contribution in [0.15, 0.2) is 255 Å². The maximum atomic E-state index is 2.61. The third-order valence-electron chi connectivity index (χ3n) is 13.0. The monoisotopic (exact) mass is 818 g/mol. The minimum absolute atomic E-state index is 1.13. The van der Waals surface area contributed by atoms with Gasteiger partial charge in [0.15, 0.2) is 8.07 Å². The van der Waals surface area contributed by atoms with Crippen molar-refractivity contribution < 1.29 is 0 Å². The summed E-state index contributed by atoms with van der Waals surface area (Å²) in [4.78, 5) is 0. The van der Waals surface area contributed by atoms with E-state index in [0.29, 0.717) is 0 Å². The first-order valence-electron chi connectivity index (χ1n) is 21.8. The van der Waals surface area contributed by atoms with Crippen molar-refractivity contribution in [2.45, 2.75) is 0 Å². The normalized spacial score (nSPS) is 11.8. The van der Waals surface area contributed by atoms with Gasteiger partial charge in [0.25, 0.3) is 0 Å². The zero-order valence-electron chi connectivity index (χ0n) is 34.6. The van der Waals surface area contributed by atoms with Crippen LogP contribution >= 0.6 is 0 Å². The molecule has 63 heavy (non-hydrogen) atoms. The van der Waals surface area contributed by atoms with Gasteiger partial charge in [0, 0.05) is 32.8 Å². The van der Waals surface area contributed by atoms with Crippen molar-refractivity contribution in [2.24, 2.45) is 0 Å². The Morgan fingerprint density at radius 3 is 1.35 bits per heavy atom. The van der Waals surface area contributed by atoms with E-state index >= 15 is 0 Å². The molecule has 0 unspecified atom stereocenters. The van der Waals surface area contributed by atoms with Crippen molar-refractivity contribution in [3.05, 3.63) is 255 Å². The molecule has 296 valence electrons. The summed E-state index contributed by atoms with van der Waals surface area (Å²) >= 11 is 0. The van der Waals surface area contributed by atoms with E-state index in [2.05, 4.69) is 264 Å². The smallest absolute Gasteiger partial charge is 0.181 e.